The van der Waals surface area contributed by atoms with Crippen LogP contribution in [0.1, 0.15) is 21.7 Å². The molecule has 0 aliphatic carbocycles. The number of amides is 1. The van der Waals surface area contributed by atoms with Gasteiger partial charge in [-0.05, 0) is 37.6 Å². The highest BCUT2D eigenvalue weighted by molar-refractivity contribution is 6.02. The first-order valence-corrected chi connectivity index (χ1v) is 9.08. The summed E-state index contributed by atoms with van der Waals surface area (Å²) in [7, 11) is 0. The van der Waals surface area contributed by atoms with Crippen LogP contribution in [0.5, 0.6) is 0 Å². The lowest BCUT2D eigenvalue weighted by Crippen LogP contribution is -2.15. The van der Waals surface area contributed by atoms with Gasteiger partial charge in [-0.1, -0.05) is 66.2 Å². The maximum Gasteiger partial charge on any atom is 0.295 e. The average Bonchev–Trinajstić information content (AvgIpc) is 3.17. The third-order valence-corrected chi connectivity index (χ3v) is 4.47. The summed E-state index contributed by atoms with van der Waals surface area (Å²) >= 11 is 0. The summed E-state index contributed by atoms with van der Waals surface area (Å²) in [6, 6.07) is 25.3. The van der Waals surface area contributed by atoms with Crippen molar-refractivity contribution in [2.24, 2.45) is 0 Å². The lowest BCUT2D eigenvalue weighted by molar-refractivity contribution is 0.101. The van der Waals surface area contributed by atoms with Crippen molar-refractivity contribution in [1.29, 1.82) is 0 Å². The van der Waals surface area contributed by atoms with Crippen LogP contribution < -0.4 is 5.32 Å². The van der Waals surface area contributed by atoms with Crippen molar-refractivity contribution in [1.82, 2.24) is 14.8 Å². The molecule has 28 heavy (non-hydrogen) atoms. The maximum absolute atomic E-state index is 12.8. The number of nitrogens with zero attached hydrogens (tertiary/aromatic N) is 3. The molecule has 4 aromatic rings. The molecule has 0 atom stereocenters. The highest BCUT2D eigenvalue weighted by atomic mass is 16.2. The Morgan fingerprint density at radius 2 is 1.57 bits per heavy atom. The van der Waals surface area contributed by atoms with Crippen LogP contribution in [0.4, 0.5) is 5.69 Å². The Hall–Kier alpha value is -3.73. The number of aromatic nitrogens is 3. The molecule has 1 aromatic heterocycles. The molecule has 1 N–H and O–H groups in total. The standard InChI is InChI=1S/C23H20N4O/c1-16-13-14-20(17(2)15-16)24-23(28)21-25-22(18-9-5-3-6-10-18)27(26-21)19-11-7-4-8-12-19/h3-15H,1-2H3,(H,24,28). The molecular formula is C23H20N4O. The largest absolute Gasteiger partial charge is 0.319 e. The van der Waals surface area contributed by atoms with Crippen molar-refractivity contribution in [2.75, 3.05) is 5.32 Å². The Labute approximate surface area is 163 Å². The lowest BCUT2D eigenvalue weighted by atomic mass is 10.1. The molecule has 0 aliphatic rings. The summed E-state index contributed by atoms with van der Waals surface area (Å²) in [5, 5.41) is 7.41. The van der Waals surface area contributed by atoms with Gasteiger partial charge in [0.2, 0.25) is 5.82 Å². The zero-order chi connectivity index (χ0) is 19.5. The molecule has 0 saturated heterocycles. The van der Waals surface area contributed by atoms with E-state index in [1.807, 2.05) is 92.7 Å². The van der Waals surface area contributed by atoms with E-state index in [-0.39, 0.29) is 11.7 Å². The minimum atomic E-state index is -0.334. The predicted molar refractivity (Wildman–Crippen MR) is 111 cm³/mol. The Kier molecular flexibility index (Phi) is 4.72. The Bertz CT molecular complexity index is 1060. The highest BCUT2D eigenvalue weighted by Gasteiger charge is 2.19. The summed E-state index contributed by atoms with van der Waals surface area (Å²) in [5.74, 6) is 0.416. The monoisotopic (exact) mass is 368 g/mol. The molecule has 0 radical (unpaired) electrons. The zero-order valence-corrected chi connectivity index (χ0v) is 15.8. The number of carbonyl (C=O) groups excluding carboxylic acids is 1. The predicted octanol–water partition coefficient (Wildman–Crippen LogP) is 4.80. The van der Waals surface area contributed by atoms with Gasteiger partial charge in [0.15, 0.2) is 5.82 Å². The number of para-hydroxylation sites is 1. The first kappa shape index (κ1) is 17.7. The topological polar surface area (TPSA) is 59.8 Å². The van der Waals surface area contributed by atoms with Crippen LogP contribution in [0.3, 0.4) is 0 Å². The van der Waals surface area contributed by atoms with E-state index in [0.717, 1.165) is 28.1 Å². The van der Waals surface area contributed by atoms with Crippen LogP contribution in [0.2, 0.25) is 0 Å². The third kappa shape index (κ3) is 3.55. The molecule has 0 fully saturated rings. The van der Waals surface area contributed by atoms with Crippen molar-refractivity contribution in [3.63, 3.8) is 0 Å². The maximum atomic E-state index is 12.8. The van der Waals surface area contributed by atoms with Gasteiger partial charge in [0, 0.05) is 11.3 Å². The summed E-state index contributed by atoms with van der Waals surface area (Å²) < 4.78 is 1.70. The van der Waals surface area contributed by atoms with Gasteiger partial charge in [-0.2, -0.15) is 0 Å². The van der Waals surface area contributed by atoms with E-state index in [4.69, 9.17) is 0 Å². The van der Waals surface area contributed by atoms with Crippen molar-refractivity contribution in [2.45, 2.75) is 13.8 Å². The molecule has 0 aliphatic heterocycles. The molecule has 0 unspecified atom stereocenters. The van der Waals surface area contributed by atoms with Gasteiger partial charge < -0.3 is 5.32 Å². The van der Waals surface area contributed by atoms with E-state index < -0.39 is 0 Å². The first-order valence-electron chi connectivity index (χ1n) is 9.08. The molecule has 4 rings (SSSR count). The second kappa shape index (κ2) is 7.48. The molecule has 1 heterocycles. The molecule has 138 valence electrons. The number of hydrogen-bond acceptors (Lipinski definition) is 3. The number of nitrogens with one attached hydrogen (secondary N) is 1. The lowest BCUT2D eigenvalue weighted by Gasteiger charge is -2.07. The van der Waals surface area contributed by atoms with Crippen molar-refractivity contribution in [3.05, 3.63) is 95.8 Å². The number of rotatable bonds is 4. The van der Waals surface area contributed by atoms with E-state index in [9.17, 15) is 4.79 Å². The van der Waals surface area contributed by atoms with Crippen LogP contribution in [0.15, 0.2) is 78.9 Å². The van der Waals surface area contributed by atoms with Crippen molar-refractivity contribution < 1.29 is 4.79 Å². The van der Waals surface area contributed by atoms with E-state index >= 15 is 0 Å². The summed E-state index contributed by atoms with van der Waals surface area (Å²) in [6.07, 6.45) is 0. The van der Waals surface area contributed by atoms with Crippen LogP contribution in [0.25, 0.3) is 17.1 Å². The third-order valence-electron chi connectivity index (χ3n) is 4.47. The van der Waals surface area contributed by atoms with Gasteiger partial charge in [-0.15, -0.1) is 5.10 Å². The van der Waals surface area contributed by atoms with Gasteiger partial charge in [-0.3, -0.25) is 4.79 Å². The van der Waals surface area contributed by atoms with E-state index in [1.165, 1.54) is 0 Å². The molecular weight excluding hydrogens is 348 g/mol. The number of carbonyl (C=O) groups is 1. The van der Waals surface area contributed by atoms with Gasteiger partial charge >= 0.3 is 0 Å². The molecule has 0 saturated carbocycles. The number of hydrogen-bond donors (Lipinski definition) is 1. The second-order valence-corrected chi connectivity index (χ2v) is 6.64. The van der Waals surface area contributed by atoms with E-state index in [2.05, 4.69) is 15.4 Å². The van der Waals surface area contributed by atoms with E-state index in [0.29, 0.717) is 5.82 Å². The van der Waals surface area contributed by atoms with Crippen LogP contribution in [-0.2, 0) is 0 Å². The van der Waals surface area contributed by atoms with Gasteiger partial charge in [0.05, 0.1) is 5.69 Å². The summed E-state index contributed by atoms with van der Waals surface area (Å²) in [4.78, 5) is 17.4. The minimum Gasteiger partial charge on any atom is -0.319 e. The van der Waals surface area contributed by atoms with Crippen molar-refractivity contribution >= 4 is 11.6 Å². The molecule has 5 nitrogen and oxygen atoms in total. The molecule has 0 bridgehead atoms. The second-order valence-electron chi connectivity index (χ2n) is 6.64. The summed E-state index contributed by atoms with van der Waals surface area (Å²) in [6.45, 7) is 3.99. The van der Waals surface area contributed by atoms with E-state index in [1.54, 1.807) is 4.68 Å². The first-order chi connectivity index (χ1) is 13.6. The van der Waals surface area contributed by atoms with Gasteiger partial charge in [0.1, 0.15) is 0 Å². The zero-order valence-electron chi connectivity index (χ0n) is 15.8. The molecule has 0 spiro atoms. The fourth-order valence-corrected chi connectivity index (χ4v) is 3.06. The fourth-order valence-electron chi connectivity index (χ4n) is 3.06. The fraction of sp³-hybridized carbons (Fsp3) is 0.0870. The Balaban J connectivity index is 1.74. The SMILES string of the molecule is Cc1ccc(NC(=O)c2nc(-c3ccccc3)n(-c3ccccc3)n2)c(C)c1. The van der Waals surface area contributed by atoms with Crippen LogP contribution in [-0.4, -0.2) is 20.7 Å². The smallest absolute Gasteiger partial charge is 0.295 e. The van der Waals surface area contributed by atoms with Gasteiger partial charge in [0.25, 0.3) is 5.91 Å². The Morgan fingerprint density at radius 1 is 0.893 bits per heavy atom. The minimum absolute atomic E-state index is 0.127. The number of benzene rings is 3. The normalized spacial score (nSPS) is 10.6. The van der Waals surface area contributed by atoms with Gasteiger partial charge in [-0.25, -0.2) is 9.67 Å². The molecule has 5 heteroatoms. The number of aryl methyl sites for hydroxylation is 2. The van der Waals surface area contributed by atoms with Crippen LogP contribution in [0, 0.1) is 13.8 Å². The van der Waals surface area contributed by atoms with Crippen LogP contribution >= 0.6 is 0 Å². The molecule has 3 aromatic carbocycles. The average molecular weight is 368 g/mol. The molecule has 1 amide bonds. The van der Waals surface area contributed by atoms with Crippen molar-refractivity contribution in [3.8, 4) is 17.1 Å². The number of anilines is 1. The quantitative estimate of drug-likeness (QED) is 0.563. The Morgan fingerprint density at radius 3 is 2.25 bits per heavy atom. The summed E-state index contributed by atoms with van der Waals surface area (Å²) in [5.41, 5.74) is 4.64. The highest BCUT2D eigenvalue weighted by Crippen LogP contribution is 2.22.